The SMILES string of the molecule is COC(=O)C(CC(C)C)NCc1cn(C(C)(C)C)nn1. The van der Waals surface area contributed by atoms with Crippen molar-refractivity contribution in [1.82, 2.24) is 20.3 Å². The van der Waals surface area contributed by atoms with Gasteiger partial charge in [0.25, 0.3) is 0 Å². The fourth-order valence-corrected chi connectivity index (χ4v) is 1.81. The lowest BCUT2D eigenvalue weighted by molar-refractivity contribution is -0.143. The minimum Gasteiger partial charge on any atom is -0.468 e. The zero-order valence-corrected chi connectivity index (χ0v) is 13.3. The lowest BCUT2D eigenvalue weighted by Crippen LogP contribution is -2.38. The molecule has 0 radical (unpaired) electrons. The van der Waals surface area contributed by atoms with Crippen LogP contribution >= 0.6 is 0 Å². The van der Waals surface area contributed by atoms with Crippen LogP contribution in [0.4, 0.5) is 0 Å². The van der Waals surface area contributed by atoms with Crippen molar-refractivity contribution in [3.05, 3.63) is 11.9 Å². The van der Waals surface area contributed by atoms with Crippen molar-refractivity contribution in [3.63, 3.8) is 0 Å². The maximum atomic E-state index is 11.7. The zero-order valence-electron chi connectivity index (χ0n) is 13.3. The van der Waals surface area contributed by atoms with Gasteiger partial charge < -0.3 is 4.74 Å². The highest BCUT2D eigenvalue weighted by Gasteiger charge is 2.21. The Kier molecular flexibility index (Phi) is 5.68. The van der Waals surface area contributed by atoms with Crippen molar-refractivity contribution in [1.29, 1.82) is 0 Å². The van der Waals surface area contributed by atoms with E-state index in [1.54, 1.807) is 0 Å². The second kappa shape index (κ2) is 6.83. The van der Waals surface area contributed by atoms with E-state index in [1.807, 2.05) is 10.9 Å². The molecule has 0 aromatic carbocycles. The first kappa shape index (κ1) is 16.6. The van der Waals surface area contributed by atoms with E-state index in [4.69, 9.17) is 4.74 Å². The Morgan fingerprint density at radius 3 is 2.55 bits per heavy atom. The number of methoxy groups -OCH3 is 1. The minimum atomic E-state index is -0.306. The number of nitrogens with zero attached hydrogens (tertiary/aromatic N) is 3. The van der Waals surface area contributed by atoms with Crippen molar-refractivity contribution in [3.8, 4) is 0 Å². The van der Waals surface area contributed by atoms with E-state index >= 15 is 0 Å². The quantitative estimate of drug-likeness (QED) is 0.804. The van der Waals surface area contributed by atoms with Crippen LogP contribution in [0.5, 0.6) is 0 Å². The van der Waals surface area contributed by atoms with Crippen LogP contribution in [0.2, 0.25) is 0 Å². The number of ether oxygens (including phenoxy) is 1. The largest absolute Gasteiger partial charge is 0.468 e. The van der Waals surface area contributed by atoms with Gasteiger partial charge in [-0.2, -0.15) is 0 Å². The number of aromatic nitrogens is 3. The van der Waals surface area contributed by atoms with E-state index in [2.05, 4.69) is 50.2 Å². The third-order valence-electron chi connectivity index (χ3n) is 2.95. The van der Waals surface area contributed by atoms with Crippen LogP contribution < -0.4 is 5.32 Å². The van der Waals surface area contributed by atoms with Crippen LogP contribution in [-0.2, 0) is 21.6 Å². The Balaban J connectivity index is 2.63. The Morgan fingerprint density at radius 2 is 2.10 bits per heavy atom. The van der Waals surface area contributed by atoms with E-state index in [-0.39, 0.29) is 17.6 Å². The Morgan fingerprint density at radius 1 is 1.45 bits per heavy atom. The summed E-state index contributed by atoms with van der Waals surface area (Å²) in [6.45, 7) is 10.8. The fourth-order valence-electron chi connectivity index (χ4n) is 1.81. The summed E-state index contributed by atoms with van der Waals surface area (Å²) < 4.78 is 6.64. The van der Waals surface area contributed by atoms with Gasteiger partial charge in [-0.1, -0.05) is 19.1 Å². The van der Waals surface area contributed by atoms with Crippen LogP contribution in [-0.4, -0.2) is 34.1 Å². The van der Waals surface area contributed by atoms with Gasteiger partial charge in [-0.05, 0) is 33.1 Å². The van der Waals surface area contributed by atoms with Crippen LogP contribution in [0, 0.1) is 5.92 Å². The van der Waals surface area contributed by atoms with Crippen LogP contribution in [0.3, 0.4) is 0 Å². The molecule has 114 valence electrons. The Bertz CT molecular complexity index is 435. The molecule has 1 rings (SSSR count). The molecule has 0 aliphatic heterocycles. The van der Waals surface area contributed by atoms with Gasteiger partial charge in [-0.3, -0.25) is 10.1 Å². The molecule has 20 heavy (non-hydrogen) atoms. The summed E-state index contributed by atoms with van der Waals surface area (Å²) in [6.07, 6.45) is 2.64. The Labute approximate surface area is 120 Å². The van der Waals surface area contributed by atoms with Crippen LogP contribution in [0.1, 0.15) is 46.7 Å². The molecule has 0 saturated carbocycles. The smallest absolute Gasteiger partial charge is 0.322 e. The molecule has 0 aliphatic rings. The summed E-state index contributed by atoms with van der Waals surface area (Å²) in [6, 6.07) is -0.306. The normalized spacial score (nSPS) is 13.6. The molecule has 1 atom stereocenters. The van der Waals surface area contributed by atoms with Crippen molar-refractivity contribution < 1.29 is 9.53 Å². The first-order valence-electron chi connectivity index (χ1n) is 6.97. The van der Waals surface area contributed by atoms with Gasteiger partial charge >= 0.3 is 5.97 Å². The topological polar surface area (TPSA) is 69.0 Å². The third-order valence-corrected chi connectivity index (χ3v) is 2.95. The molecular weight excluding hydrogens is 256 g/mol. The highest BCUT2D eigenvalue weighted by atomic mass is 16.5. The second-order valence-corrected chi connectivity index (χ2v) is 6.41. The number of hydrogen-bond donors (Lipinski definition) is 1. The van der Waals surface area contributed by atoms with Crippen molar-refractivity contribution in [2.24, 2.45) is 5.92 Å². The average molecular weight is 282 g/mol. The third kappa shape index (κ3) is 4.92. The van der Waals surface area contributed by atoms with Crippen LogP contribution in [0.15, 0.2) is 6.20 Å². The molecule has 0 saturated heterocycles. The summed E-state index contributed by atoms with van der Waals surface area (Å²) in [5.74, 6) is 0.179. The second-order valence-electron chi connectivity index (χ2n) is 6.41. The fraction of sp³-hybridized carbons (Fsp3) is 0.786. The number of rotatable bonds is 6. The summed E-state index contributed by atoms with van der Waals surface area (Å²) in [5.41, 5.74) is 0.725. The van der Waals surface area contributed by atoms with E-state index in [0.717, 1.165) is 12.1 Å². The van der Waals surface area contributed by atoms with Gasteiger partial charge in [0, 0.05) is 6.54 Å². The van der Waals surface area contributed by atoms with Crippen molar-refractivity contribution in [2.45, 2.75) is 59.2 Å². The molecule has 1 heterocycles. The van der Waals surface area contributed by atoms with Gasteiger partial charge in [0.05, 0.1) is 24.5 Å². The standard InChI is InChI=1S/C14H26N4O2/c1-10(2)7-12(13(19)20-6)15-8-11-9-18(17-16-11)14(3,4)5/h9-10,12,15H,7-8H2,1-6H3. The van der Waals surface area contributed by atoms with E-state index in [9.17, 15) is 4.79 Å². The molecule has 1 unspecified atom stereocenters. The molecule has 1 aromatic rings. The number of nitrogens with one attached hydrogen (secondary N) is 1. The van der Waals surface area contributed by atoms with Gasteiger partial charge in [0.2, 0.25) is 0 Å². The molecule has 0 amide bonds. The molecule has 6 heteroatoms. The lowest BCUT2D eigenvalue weighted by Gasteiger charge is -2.18. The first-order valence-corrected chi connectivity index (χ1v) is 6.97. The number of carbonyl (C=O) groups excluding carboxylic acids is 1. The molecule has 0 spiro atoms. The number of hydrogen-bond acceptors (Lipinski definition) is 5. The Hall–Kier alpha value is -1.43. The molecular formula is C14H26N4O2. The highest BCUT2D eigenvalue weighted by molar-refractivity contribution is 5.75. The van der Waals surface area contributed by atoms with E-state index < -0.39 is 0 Å². The summed E-state index contributed by atoms with van der Waals surface area (Å²) in [7, 11) is 1.41. The predicted molar refractivity (Wildman–Crippen MR) is 77.1 cm³/mol. The number of esters is 1. The predicted octanol–water partition coefficient (Wildman–Crippen LogP) is 1.71. The van der Waals surface area contributed by atoms with Crippen molar-refractivity contribution in [2.75, 3.05) is 7.11 Å². The summed E-state index contributed by atoms with van der Waals surface area (Å²) in [5, 5.41) is 11.4. The molecule has 0 fully saturated rings. The molecule has 1 aromatic heterocycles. The molecule has 6 nitrogen and oxygen atoms in total. The zero-order chi connectivity index (χ0) is 15.3. The molecule has 0 bridgehead atoms. The van der Waals surface area contributed by atoms with Crippen LogP contribution in [0.25, 0.3) is 0 Å². The molecule has 1 N–H and O–H groups in total. The lowest BCUT2D eigenvalue weighted by atomic mass is 10.0. The maximum Gasteiger partial charge on any atom is 0.322 e. The van der Waals surface area contributed by atoms with Gasteiger partial charge in [-0.25, -0.2) is 4.68 Å². The number of carbonyl (C=O) groups is 1. The summed E-state index contributed by atoms with van der Waals surface area (Å²) in [4.78, 5) is 11.7. The minimum absolute atomic E-state index is 0.0923. The molecule has 0 aliphatic carbocycles. The highest BCUT2D eigenvalue weighted by Crippen LogP contribution is 2.12. The van der Waals surface area contributed by atoms with E-state index in [1.165, 1.54) is 7.11 Å². The first-order chi connectivity index (χ1) is 9.24. The van der Waals surface area contributed by atoms with Gasteiger partial charge in [0.1, 0.15) is 6.04 Å². The maximum absolute atomic E-state index is 11.7. The summed E-state index contributed by atoms with van der Waals surface area (Å²) >= 11 is 0. The van der Waals surface area contributed by atoms with Crippen molar-refractivity contribution >= 4 is 5.97 Å². The van der Waals surface area contributed by atoms with Gasteiger partial charge in [0.15, 0.2) is 0 Å². The van der Waals surface area contributed by atoms with E-state index in [0.29, 0.717) is 12.5 Å². The monoisotopic (exact) mass is 282 g/mol. The average Bonchev–Trinajstić information content (AvgIpc) is 2.81. The van der Waals surface area contributed by atoms with Gasteiger partial charge in [-0.15, -0.1) is 5.10 Å².